The van der Waals surface area contributed by atoms with Gasteiger partial charge in [0.2, 0.25) is 0 Å². The van der Waals surface area contributed by atoms with Gasteiger partial charge in [-0.25, -0.2) is 12.8 Å². The predicted molar refractivity (Wildman–Crippen MR) is 80.4 cm³/mol. The Hall–Kier alpha value is -1.88. The van der Waals surface area contributed by atoms with Gasteiger partial charge in [0.25, 0.3) is 10.0 Å². The Kier molecular flexibility index (Phi) is 3.45. The van der Waals surface area contributed by atoms with Crippen LogP contribution in [0.15, 0.2) is 47.4 Å². The Morgan fingerprint density at radius 2 is 1.81 bits per heavy atom. The summed E-state index contributed by atoms with van der Waals surface area (Å²) in [5.74, 6) is -0.441. The minimum absolute atomic E-state index is 0.123. The molecule has 0 N–H and O–H groups in total. The smallest absolute Gasteiger partial charge is 0.264 e. The van der Waals surface area contributed by atoms with Crippen molar-refractivity contribution in [2.45, 2.75) is 24.7 Å². The zero-order chi connectivity index (χ0) is 15.0. The van der Waals surface area contributed by atoms with Gasteiger partial charge in [-0.2, -0.15) is 0 Å². The van der Waals surface area contributed by atoms with Gasteiger partial charge >= 0.3 is 0 Å². The van der Waals surface area contributed by atoms with Crippen LogP contribution in [0.25, 0.3) is 0 Å². The molecule has 0 aromatic heterocycles. The van der Waals surface area contributed by atoms with E-state index in [0.29, 0.717) is 6.54 Å². The Balaban J connectivity index is 2.09. The molecule has 110 valence electrons. The molecule has 21 heavy (non-hydrogen) atoms. The van der Waals surface area contributed by atoms with Crippen molar-refractivity contribution in [2.75, 3.05) is 10.8 Å². The molecule has 0 spiro atoms. The maximum atomic E-state index is 13.0. The van der Waals surface area contributed by atoms with Crippen LogP contribution >= 0.6 is 0 Å². The molecule has 2 aromatic carbocycles. The Morgan fingerprint density at radius 3 is 2.52 bits per heavy atom. The number of sulfonamides is 1. The lowest BCUT2D eigenvalue weighted by atomic mass is 10.0. The SMILES string of the molecule is Cc1ccc2c(c1)N(S(=O)(=O)c1ccc(F)cc1)CCC2. The first-order valence-corrected chi connectivity index (χ1v) is 8.30. The molecule has 0 unspecified atom stereocenters. The van der Waals surface area contributed by atoms with Gasteiger partial charge in [-0.05, 0) is 61.2 Å². The third-order valence-corrected chi connectivity index (χ3v) is 5.55. The maximum Gasteiger partial charge on any atom is 0.264 e. The minimum atomic E-state index is -3.64. The van der Waals surface area contributed by atoms with E-state index in [4.69, 9.17) is 0 Å². The number of hydrogen-bond acceptors (Lipinski definition) is 2. The molecule has 5 heteroatoms. The average molecular weight is 305 g/mol. The van der Waals surface area contributed by atoms with Crippen LogP contribution in [0.5, 0.6) is 0 Å². The van der Waals surface area contributed by atoms with E-state index in [1.807, 2.05) is 25.1 Å². The second-order valence-corrected chi connectivity index (χ2v) is 7.13. The molecule has 0 saturated heterocycles. The maximum absolute atomic E-state index is 13.0. The topological polar surface area (TPSA) is 37.4 Å². The van der Waals surface area contributed by atoms with Crippen LogP contribution in [0.2, 0.25) is 0 Å². The average Bonchev–Trinajstić information content (AvgIpc) is 2.47. The van der Waals surface area contributed by atoms with E-state index in [1.54, 1.807) is 0 Å². The van der Waals surface area contributed by atoms with Crippen LogP contribution in [0.3, 0.4) is 0 Å². The zero-order valence-corrected chi connectivity index (χ0v) is 12.5. The van der Waals surface area contributed by atoms with Crippen molar-refractivity contribution < 1.29 is 12.8 Å². The number of fused-ring (bicyclic) bond motifs is 1. The van der Waals surface area contributed by atoms with E-state index in [0.717, 1.165) is 29.7 Å². The molecule has 0 fully saturated rings. The van der Waals surface area contributed by atoms with Gasteiger partial charge in [0.05, 0.1) is 10.6 Å². The highest BCUT2D eigenvalue weighted by atomic mass is 32.2. The fourth-order valence-electron chi connectivity index (χ4n) is 2.63. The molecule has 1 heterocycles. The quantitative estimate of drug-likeness (QED) is 0.854. The monoisotopic (exact) mass is 305 g/mol. The Labute approximate surface area is 124 Å². The third-order valence-electron chi connectivity index (χ3n) is 3.72. The molecule has 0 radical (unpaired) electrons. The fraction of sp³-hybridized carbons (Fsp3) is 0.250. The summed E-state index contributed by atoms with van der Waals surface area (Å²) < 4.78 is 40.0. The summed E-state index contributed by atoms with van der Waals surface area (Å²) in [7, 11) is -3.64. The third kappa shape index (κ3) is 2.53. The van der Waals surface area contributed by atoms with Crippen molar-refractivity contribution >= 4 is 15.7 Å². The van der Waals surface area contributed by atoms with E-state index in [2.05, 4.69) is 0 Å². The highest BCUT2D eigenvalue weighted by Gasteiger charge is 2.29. The van der Waals surface area contributed by atoms with E-state index >= 15 is 0 Å². The van der Waals surface area contributed by atoms with Gasteiger partial charge in [-0.15, -0.1) is 0 Å². The van der Waals surface area contributed by atoms with E-state index in [9.17, 15) is 12.8 Å². The molecule has 1 aliphatic rings. The minimum Gasteiger partial charge on any atom is -0.266 e. The van der Waals surface area contributed by atoms with Gasteiger partial charge in [0.15, 0.2) is 0 Å². The molecule has 0 saturated carbocycles. The number of hydrogen-bond donors (Lipinski definition) is 0. The van der Waals surface area contributed by atoms with Crippen molar-refractivity contribution in [3.63, 3.8) is 0 Å². The second kappa shape index (κ2) is 5.15. The number of anilines is 1. The normalized spacial score (nSPS) is 14.9. The highest BCUT2D eigenvalue weighted by molar-refractivity contribution is 7.92. The van der Waals surface area contributed by atoms with Crippen LogP contribution in [-0.2, 0) is 16.4 Å². The lowest BCUT2D eigenvalue weighted by molar-refractivity contribution is 0.585. The molecule has 3 rings (SSSR count). The van der Waals surface area contributed by atoms with Crippen molar-refractivity contribution in [3.8, 4) is 0 Å². The first kappa shape index (κ1) is 14.1. The van der Waals surface area contributed by atoms with Gasteiger partial charge in [0, 0.05) is 6.54 Å². The molecule has 0 bridgehead atoms. The van der Waals surface area contributed by atoms with Crippen LogP contribution in [-0.4, -0.2) is 15.0 Å². The molecular weight excluding hydrogens is 289 g/mol. The molecule has 0 aliphatic carbocycles. The van der Waals surface area contributed by atoms with Crippen molar-refractivity contribution in [1.29, 1.82) is 0 Å². The van der Waals surface area contributed by atoms with Gasteiger partial charge in [0.1, 0.15) is 5.82 Å². The lowest BCUT2D eigenvalue weighted by Crippen LogP contribution is -2.35. The predicted octanol–water partition coefficient (Wildman–Crippen LogP) is 3.28. The molecule has 2 aromatic rings. The standard InChI is InChI=1S/C16H16FNO2S/c1-12-4-5-13-3-2-10-18(16(13)11-12)21(19,20)15-8-6-14(17)7-9-15/h4-9,11H,2-3,10H2,1H3. The van der Waals surface area contributed by atoms with E-state index in [-0.39, 0.29) is 4.90 Å². The van der Waals surface area contributed by atoms with Crippen LogP contribution in [0.1, 0.15) is 17.5 Å². The van der Waals surface area contributed by atoms with E-state index in [1.165, 1.54) is 28.6 Å². The molecular formula is C16H16FNO2S. The first-order chi connectivity index (χ1) is 9.98. The van der Waals surface area contributed by atoms with Crippen molar-refractivity contribution in [2.24, 2.45) is 0 Å². The Morgan fingerprint density at radius 1 is 1.10 bits per heavy atom. The summed E-state index contributed by atoms with van der Waals surface area (Å²) in [6.45, 7) is 2.40. The summed E-state index contributed by atoms with van der Waals surface area (Å²) in [5.41, 5.74) is 2.80. The second-order valence-electron chi connectivity index (χ2n) is 5.27. The fourth-order valence-corrected chi connectivity index (χ4v) is 4.17. The van der Waals surface area contributed by atoms with Crippen LogP contribution in [0.4, 0.5) is 10.1 Å². The van der Waals surface area contributed by atoms with Gasteiger partial charge < -0.3 is 0 Å². The highest BCUT2D eigenvalue weighted by Crippen LogP contribution is 2.32. The lowest BCUT2D eigenvalue weighted by Gasteiger charge is -2.30. The largest absolute Gasteiger partial charge is 0.266 e. The summed E-state index contributed by atoms with van der Waals surface area (Å²) in [4.78, 5) is 0.123. The van der Waals surface area contributed by atoms with Crippen LogP contribution in [0, 0.1) is 12.7 Å². The molecule has 3 nitrogen and oxygen atoms in total. The number of halogens is 1. The molecule has 1 aliphatic heterocycles. The van der Waals surface area contributed by atoms with Crippen LogP contribution < -0.4 is 4.31 Å². The summed E-state index contributed by atoms with van der Waals surface area (Å²) in [6, 6.07) is 10.9. The number of nitrogens with zero attached hydrogens (tertiary/aromatic N) is 1. The van der Waals surface area contributed by atoms with Gasteiger partial charge in [-0.3, -0.25) is 4.31 Å². The van der Waals surface area contributed by atoms with Crippen molar-refractivity contribution in [3.05, 3.63) is 59.4 Å². The summed E-state index contributed by atoms with van der Waals surface area (Å²) >= 11 is 0. The zero-order valence-electron chi connectivity index (χ0n) is 11.7. The summed E-state index contributed by atoms with van der Waals surface area (Å²) in [6.07, 6.45) is 1.67. The van der Waals surface area contributed by atoms with Gasteiger partial charge in [-0.1, -0.05) is 12.1 Å². The number of rotatable bonds is 2. The summed E-state index contributed by atoms with van der Waals surface area (Å²) in [5, 5.41) is 0. The first-order valence-electron chi connectivity index (χ1n) is 6.86. The Bertz CT molecular complexity index is 769. The number of aryl methyl sites for hydroxylation is 2. The number of benzene rings is 2. The molecule has 0 atom stereocenters. The molecule has 0 amide bonds. The van der Waals surface area contributed by atoms with Crippen molar-refractivity contribution in [1.82, 2.24) is 0 Å². The van der Waals surface area contributed by atoms with E-state index < -0.39 is 15.8 Å².